The zero-order valence-corrected chi connectivity index (χ0v) is 53.9. The molecule has 0 aromatic carbocycles. The van der Waals surface area contributed by atoms with Gasteiger partial charge in [-0.05, 0) is 40.5 Å². The zero-order chi connectivity index (χ0) is 51.2. The molecule has 0 unspecified atom stereocenters. The summed E-state index contributed by atoms with van der Waals surface area (Å²) in [5.74, 6) is 0. The van der Waals surface area contributed by atoms with Crippen molar-refractivity contribution >= 4 is 94.4 Å². The van der Waals surface area contributed by atoms with Crippen molar-refractivity contribution in [2.24, 2.45) is 21.7 Å². The molecule has 0 aliphatic carbocycles. The maximum absolute atomic E-state index is 5.99. The van der Waals surface area contributed by atoms with Gasteiger partial charge in [0, 0.05) is 83.9 Å². The molecule has 0 amide bonds. The number of hydrogen-bond acceptors (Lipinski definition) is 11. The molecular formula is C42H91Cl6Cr2N2O12P4+5. The van der Waals surface area contributed by atoms with Crippen LogP contribution in [0.4, 0.5) is 0 Å². The van der Waals surface area contributed by atoms with E-state index in [1.165, 1.54) is 51.4 Å². The molecule has 8 rings (SSSR count). The number of ether oxygens (including phenoxy) is 4. The average Bonchev–Trinajstić information content (AvgIpc) is 4.11. The van der Waals surface area contributed by atoms with E-state index in [4.69, 9.17) is 101 Å². The molecule has 0 aromatic heterocycles. The van der Waals surface area contributed by atoms with Crippen molar-refractivity contribution in [3.8, 4) is 0 Å². The number of rotatable bonds is 6. The van der Waals surface area contributed by atoms with Gasteiger partial charge in [-0.15, -0.1) is 0 Å². The number of aliphatic hydroxyl groups is 6. The van der Waals surface area contributed by atoms with Gasteiger partial charge >= 0.3 is 100 Å². The summed E-state index contributed by atoms with van der Waals surface area (Å²) in [5, 5.41) is 0. The summed E-state index contributed by atoms with van der Waals surface area (Å²) in [6.07, 6.45) is 10.6. The van der Waals surface area contributed by atoms with Crippen molar-refractivity contribution in [1.82, 2.24) is 8.88 Å². The van der Waals surface area contributed by atoms with Crippen LogP contribution in [0.25, 0.3) is 0 Å². The molecule has 8 fully saturated rings. The Kier molecular flexibility index (Phi) is 40.5. The van der Waals surface area contributed by atoms with Crippen LogP contribution < -0.4 is 0 Å². The van der Waals surface area contributed by atoms with Crippen LogP contribution >= 0.6 is 94.4 Å². The second kappa shape index (κ2) is 39.3. The topological polar surface area (TPSA) is 128 Å². The Hall–Kier alpha value is 3.96. The molecule has 0 spiro atoms. The van der Waals surface area contributed by atoms with E-state index < -0.39 is 56.9 Å². The summed E-state index contributed by atoms with van der Waals surface area (Å²) < 4.78 is 69.3. The number of hydrogen-bond donors (Lipinski definition) is 0. The fourth-order valence-corrected chi connectivity index (χ4v) is 15.2. The Morgan fingerprint density at radius 1 is 0.426 bits per heavy atom. The molecule has 0 atom stereocenters. The van der Waals surface area contributed by atoms with Gasteiger partial charge in [-0.1, -0.05) is 55.4 Å². The van der Waals surface area contributed by atoms with Gasteiger partial charge in [0.2, 0.25) is 0 Å². The first-order valence-corrected chi connectivity index (χ1v) is 39.1. The fourth-order valence-electron chi connectivity index (χ4n) is 5.91. The molecule has 68 heavy (non-hydrogen) atoms. The minimum absolute atomic E-state index is 0.0883. The van der Waals surface area contributed by atoms with Gasteiger partial charge in [0.25, 0.3) is 17.1 Å². The first-order chi connectivity index (χ1) is 31.9. The maximum atomic E-state index is 5.99. The molecule has 8 saturated heterocycles. The summed E-state index contributed by atoms with van der Waals surface area (Å²) >= 11 is -3.25. The van der Waals surface area contributed by atoms with Crippen molar-refractivity contribution < 1.29 is 77.9 Å². The van der Waals surface area contributed by atoms with E-state index in [0.717, 1.165) is 106 Å². The first-order valence-electron chi connectivity index (χ1n) is 23.8. The van der Waals surface area contributed by atoms with Crippen LogP contribution in [0.15, 0.2) is 0 Å². The van der Waals surface area contributed by atoms with E-state index in [0.29, 0.717) is 6.04 Å². The second-order valence-electron chi connectivity index (χ2n) is 20.6. The van der Waals surface area contributed by atoms with Gasteiger partial charge in [-0.25, -0.2) is 0 Å². The van der Waals surface area contributed by atoms with E-state index in [1.54, 1.807) is 0 Å². The molecule has 0 bridgehead atoms. The van der Waals surface area contributed by atoms with Gasteiger partial charge < -0.3 is 37.0 Å². The van der Waals surface area contributed by atoms with Crippen LogP contribution in [0.5, 0.6) is 0 Å². The van der Waals surface area contributed by atoms with Crippen molar-refractivity contribution in [2.75, 3.05) is 106 Å². The van der Waals surface area contributed by atoms with Gasteiger partial charge in [0.05, 0.1) is 32.5 Å². The molecule has 410 valence electrons. The molecule has 26 heteroatoms. The van der Waals surface area contributed by atoms with Crippen LogP contribution in [0.1, 0.15) is 134 Å². The standard InChI is InChI=1S/2C13H27NO4P2.4C4H8O.6ClH.2Cr/c2*1-11(2)14(19-15-7-12(3,4)8-16-19)20-17-9-13(5,6)10-18-20;4*1-2-4-5-3-1;;;;;;;;/h2*11H,7-10H2,1-6H3;4*1-4H2;6*1H;;/q;;;;;;;;;;;;2*+3/p-1. The van der Waals surface area contributed by atoms with E-state index in [2.05, 4.69) is 106 Å². The average molecular weight is 1260 g/mol. The molecule has 0 saturated carbocycles. The third-order valence-corrected chi connectivity index (χ3v) is 18.1. The third kappa shape index (κ3) is 36.1. The van der Waals surface area contributed by atoms with E-state index in [1.807, 2.05) is 0 Å². The normalized spacial score (nSPS) is 24.7. The SMILES string of the molecule is C1CCOC1.C1CC[OH+]C1.C1CC[OH+]C1.C1CC[OH+]C1.CC(C)N(P1OCC(C)(C)CO1)P1OCC(C)(C)CO1.CC(C)N([PH+]1OCC(C)(C)CO1)[PH+]1OCC(C)(C)CO1.[Cl][Cr]([Cl])[Cl].[Cl][Cr]([Cl])[Cl]. The van der Waals surface area contributed by atoms with Crippen LogP contribution in [-0.2, 0) is 63.7 Å². The van der Waals surface area contributed by atoms with Crippen molar-refractivity contribution in [2.45, 2.75) is 147 Å². The fraction of sp³-hybridized carbons (Fsp3) is 1.00. The van der Waals surface area contributed by atoms with Crippen LogP contribution in [0, 0.1) is 21.7 Å². The Morgan fingerprint density at radius 3 is 0.853 bits per heavy atom. The first kappa shape index (κ1) is 70.0. The Morgan fingerprint density at radius 2 is 0.676 bits per heavy atom. The monoisotopic (exact) mass is 1250 g/mol. The molecule has 8 aliphatic heterocycles. The van der Waals surface area contributed by atoms with E-state index in [-0.39, 0.29) is 27.7 Å². The van der Waals surface area contributed by atoms with Crippen molar-refractivity contribution in [3.05, 3.63) is 0 Å². The quantitative estimate of drug-likeness (QED) is 0.186. The molecule has 0 aromatic rings. The second-order valence-corrected chi connectivity index (χ2v) is 40.0. The predicted molar refractivity (Wildman–Crippen MR) is 286 cm³/mol. The van der Waals surface area contributed by atoms with Crippen molar-refractivity contribution in [3.63, 3.8) is 0 Å². The molecular weight excluding hydrogens is 1170 g/mol. The minimum atomic E-state index is -1.62. The van der Waals surface area contributed by atoms with Gasteiger partial charge in [0.15, 0.2) is 0 Å². The third-order valence-electron chi connectivity index (χ3n) is 9.79. The van der Waals surface area contributed by atoms with Crippen molar-refractivity contribution in [1.29, 1.82) is 0 Å². The zero-order valence-electron chi connectivity index (χ0n) is 43.0. The molecule has 8 heterocycles. The number of halogens is 6. The van der Waals surface area contributed by atoms with Gasteiger partial charge in [-0.2, -0.15) is 22.5 Å². The van der Waals surface area contributed by atoms with Crippen LogP contribution in [-0.4, -0.2) is 141 Å². The molecule has 14 nitrogen and oxygen atoms in total. The summed E-state index contributed by atoms with van der Waals surface area (Å²) in [6.45, 7) is 40.4. The van der Waals surface area contributed by atoms with Gasteiger partial charge in [0.1, 0.15) is 66.1 Å². The summed E-state index contributed by atoms with van der Waals surface area (Å²) in [7, 11) is 24.5. The van der Waals surface area contributed by atoms with E-state index >= 15 is 0 Å². The number of nitrogens with zero attached hydrogens (tertiary/aromatic N) is 2. The Balaban J connectivity index is 0.000000437. The molecule has 0 radical (unpaired) electrons. The van der Waals surface area contributed by atoms with Crippen LogP contribution in [0.3, 0.4) is 0 Å². The van der Waals surface area contributed by atoms with Gasteiger partial charge in [-0.3, -0.25) is 0 Å². The Bertz CT molecular complexity index is 1000. The summed E-state index contributed by atoms with van der Waals surface area (Å²) in [4.78, 5) is 0. The van der Waals surface area contributed by atoms with E-state index in [9.17, 15) is 0 Å². The van der Waals surface area contributed by atoms with Crippen LogP contribution in [0.2, 0.25) is 0 Å². The predicted octanol–water partition coefficient (Wildman–Crippen LogP) is 13.9. The summed E-state index contributed by atoms with van der Waals surface area (Å²) in [5.41, 5.74) is 0.380. The summed E-state index contributed by atoms with van der Waals surface area (Å²) in [6, 6.07) is 0.579. The molecule has 3 N–H and O–H groups in total. The molecule has 8 aliphatic rings. The Labute approximate surface area is 451 Å².